The summed E-state index contributed by atoms with van der Waals surface area (Å²) in [6.45, 7) is 6.19. The van der Waals surface area contributed by atoms with Gasteiger partial charge in [0.05, 0.1) is 6.61 Å². The van der Waals surface area contributed by atoms with E-state index in [4.69, 9.17) is 4.74 Å². The Bertz CT molecular complexity index is 248. The zero-order valence-corrected chi connectivity index (χ0v) is 12.9. The summed E-state index contributed by atoms with van der Waals surface area (Å²) in [5, 5.41) is 0. The third-order valence-electron chi connectivity index (χ3n) is 3.36. The monoisotopic (exact) mass is 270 g/mol. The van der Waals surface area contributed by atoms with Gasteiger partial charge in [0.25, 0.3) is 0 Å². The van der Waals surface area contributed by atoms with Crippen molar-refractivity contribution in [2.75, 3.05) is 6.61 Å². The van der Waals surface area contributed by atoms with Crippen molar-refractivity contribution in [1.82, 2.24) is 0 Å². The maximum absolute atomic E-state index is 11.8. The lowest BCUT2D eigenvalue weighted by molar-refractivity contribution is -0.152. The van der Waals surface area contributed by atoms with Gasteiger partial charge >= 0.3 is 5.97 Å². The number of carbonyl (C=O) groups is 2. The summed E-state index contributed by atoms with van der Waals surface area (Å²) >= 11 is 0. The summed E-state index contributed by atoms with van der Waals surface area (Å²) in [5.41, 5.74) is 0. The minimum absolute atomic E-state index is 0.0682. The number of hydrogen-bond donors (Lipinski definition) is 0. The molecule has 0 aliphatic carbocycles. The summed E-state index contributed by atoms with van der Waals surface area (Å²) in [4.78, 5) is 23.2. The maximum Gasteiger partial charge on any atom is 0.316 e. The van der Waals surface area contributed by atoms with Crippen LogP contribution in [0.2, 0.25) is 0 Å². The molecule has 0 heterocycles. The average molecular weight is 270 g/mol. The highest BCUT2D eigenvalue weighted by Crippen LogP contribution is 2.12. The Morgan fingerprint density at radius 3 is 2.05 bits per heavy atom. The van der Waals surface area contributed by atoms with Crippen molar-refractivity contribution in [3.05, 3.63) is 0 Å². The van der Waals surface area contributed by atoms with Crippen LogP contribution in [0.15, 0.2) is 0 Å². The lowest BCUT2D eigenvalue weighted by atomic mass is 9.98. The number of rotatable bonds is 12. The highest BCUT2D eigenvalue weighted by Gasteiger charge is 2.23. The topological polar surface area (TPSA) is 43.4 Å². The lowest BCUT2D eigenvalue weighted by Gasteiger charge is -2.12. The molecule has 3 heteroatoms. The second-order valence-corrected chi connectivity index (χ2v) is 5.24. The van der Waals surface area contributed by atoms with Gasteiger partial charge in [-0.2, -0.15) is 0 Å². The second kappa shape index (κ2) is 12.2. The first-order chi connectivity index (χ1) is 9.13. The molecule has 0 aliphatic rings. The number of unbranched alkanes of at least 4 members (excludes halogenated alkanes) is 6. The van der Waals surface area contributed by atoms with Gasteiger partial charge in [0.2, 0.25) is 0 Å². The standard InChI is InChI=1S/C16H30O3/c1-4-6-8-9-10-11-13-19-16(18)15(14(3)17)12-7-5-2/h15H,4-13H2,1-3H3. The number of carbonyl (C=O) groups excluding carboxylic acids is 2. The first-order valence-corrected chi connectivity index (χ1v) is 7.80. The van der Waals surface area contributed by atoms with Crippen molar-refractivity contribution < 1.29 is 14.3 Å². The Hall–Kier alpha value is -0.860. The maximum atomic E-state index is 11.8. The molecule has 1 atom stereocenters. The molecule has 0 saturated heterocycles. The molecule has 0 aliphatic heterocycles. The minimum Gasteiger partial charge on any atom is -0.465 e. The Labute approximate surface area is 118 Å². The van der Waals surface area contributed by atoms with Crippen molar-refractivity contribution in [2.45, 2.75) is 78.6 Å². The normalized spacial score (nSPS) is 12.2. The van der Waals surface area contributed by atoms with Gasteiger partial charge in [-0.25, -0.2) is 0 Å². The van der Waals surface area contributed by atoms with Crippen LogP contribution in [0.5, 0.6) is 0 Å². The quantitative estimate of drug-likeness (QED) is 0.302. The Balaban J connectivity index is 3.72. The molecule has 0 aromatic rings. The van der Waals surface area contributed by atoms with E-state index in [2.05, 4.69) is 13.8 Å². The van der Waals surface area contributed by atoms with Crippen LogP contribution >= 0.6 is 0 Å². The van der Waals surface area contributed by atoms with E-state index in [-0.39, 0.29) is 11.8 Å². The molecule has 0 aromatic carbocycles. The van der Waals surface area contributed by atoms with Crippen molar-refractivity contribution in [3.8, 4) is 0 Å². The third kappa shape index (κ3) is 9.69. The van der Waals surface area contributed by atoms with E-state index in [0.29, 0.717) is 13.0 Å². The van der Waals surface area contributed by atoms with Crippen molar-refractivity contribution in [2.24, 2.45) is 5.92 Å². The van der Waals surface area contributed by atoms with Crippen LogP contribution in [0.1, 0.15) is 78.6 Å². The van der Waals surface area contributed by atoms with E-state index in [1.807, 2.05) is 0 Å². The fourth-order valence-corrected chi connectivity index (χ4v) is 2.05. The highest BCUT2D eigenvalue weighted by atomic mass is 16.5. The lowest BCUT2D eigenvalue weighted by Crippen LogP contribution is -2.24. The van der Waals surface area contributed by atoms with Crippen molar-refractivity contribution in [3.63, 3.8) is 0 Å². The molecule has 0 N–H and O–H groups in total. The molecule has 0 fully saturated rings. The molecule has 1 unspecified atom stereocenters. The molecule has 0 rings (SSSR count). The van der Waals surface area contributed by atoms with Gasteiger partial charge in [-0.3, -0.25) is 9.59 Å². The molecule has 0 saturated carbocycles. The van der Waals surface area contributed by atoms with E-state index < -0.39 is 5.92 Å². The van der Waals surface area contributed by atoms with Crippen molar-refractivity contribution in [1.29, 1.82) is 0 Å². The number of esters is 1. The fraction of sp³-hybridized carbons (Fsp3) is 0.875. The second-order valence-electron chi connectivity index (χ2n) is 5.24. The van der Waals surface area contributed by atoms with Gasteiger partial charge in [-0.1, -0.05) is 58.8 Å². The van der Waals surface area contributed by atoms with Crippen LogP contribution < -0.4 is 0 Å². The van der Waals surface area contributed by atoms with E-state index in [0.717, 1.165) is 25.7 Å². The summed E-state index contributed by atoms with van der Waals surface area (Å²) < 4.78 is 5.21. The number of ketones is 1. The smallest absolute Gasteiger partial charge is 0.316 e. The molecule has 112 valence electrons. The van der Waals surface area contributed by atoms with Gasteiger partial charge < -0.3 is 4.74 Å². The van der Waals surface area contributed by atoms with Gasteiger partial charge in [0.1, 0.15) is 11.7 Å². The first kappa shape index (κ1) is 18.1. The summed E-state index contributed by atoms with van der Waals surface area (Å²) in [6.07, 6.45) is 9.52. The molecule has 0 bridgehead atoms. The molecule has 0 radical (unpaired) electrons. The largest absolute Gasteiger partial charge is 0.465 e. The van der Waals surface area contributed by atoms with E-state index in [9.17, 15) is 9.59 Å². The van der Waals surface area contributed by atoms with Crippen LogP contribution in [-0.2, 0) is 14.3 Å². The van der Waals surface area contributed by atoms with Gasteiger partial charge in [0.15, 0.2) is 0 Å². The predicted octanol–water partition coefficient (Wildman–Crippen LogP) is 4.29. The highest BCUT2D eigenvalue weighted by molar-refractivity contribution is 5.97. The van der Waals surface area contributed by atoms with Crippen LogP contribution in [0.25, 0.3) is 0 Å². The molecule has 0 amide bonds. The van der Waals surface area contributed by atoms with Crippen LogP contribution in [0.3, 0.4) is 0 Å². The fourth-order valence-electron chi connectivity index (χ4n) is 2.05. The molecular formula is C16H30O3. The molecule has 0 spiro atoms. The SMILES string of the molecule is CCCCCCCCOC(=O)C(CCCC)C(C)=O. The van der Waals surface area contributed by atoms with Gasteiger partial charge in [0, 0.05) is 0 Å². The Morgan fingerprint density at radius 1 is 0.895 bits per heavy atom. The predicted molar refractivity (Wildman–Crippen MR) is 78.0 cm³/mol. The number of hydrogen-bond acceptors (Lipinski definition) is 3. The third-order valence-corrected chi connectivity index (χ3v) is 3.36. The van der Waals surface area contributed by atoms with Crippen LogP contribution in [-0.4, -0.2) is 18.4 Å². The molecule has 0 aromatic heterocycles. The van der Waals surface area contributed by atoms with E-state index in [1.54, 1.807) is 0 Å². The molecule has 3 nitrogen and oxygen atoms in total. The van der Waals surface area contributed by atoms with E-state index >= 15 is 0 Å². The zero-order valence-electron chi connectivity index (χ0n) is 12.9. The Morgan fingerprint density at radius 2 is 1.47 bits per heavy atom. The summed E-state index contributed by atoms with van der Waals surface area (Å²) in [7, 11) is 0. The zero-order chi connectivity index (χ0) is 14.5. The number of ether oxygens (including phenoxy) is 1. The Kier molecular flexibility index (Phi) is 11.6. The van der Waals surface area contributed by atoms with Crippen LogP contribution in [0.4, 0.5) is 0 Å². The van der Waals surface area contributed by atoms with Gasteiger partial charge in [-0.05, 0) is 19.8 Å². The van der Waals surface area contributed by atoms with Crippen molar-refractivity contribution >= 4 is 11.8 Å². The van der Waals surface area contributed by atoms with E-state index in [1.165, 1.54) is 32.6 Å². The minimum atomic E-state index is -0.542. The van der Waals surface area contributed by atoms with Gasteiger partial charge in [-0.15, -0.1) is 0 Å². The molecule has 19 heavy (non-hydrogen) atoms. The molecular weight excluding hydrogens is 240 g/mol. The summed E-state index contributed by atoms with van der Waals surface area (Å²) in [6, 6.07) is 0. The summed E-state index contributed by atoms with van der Waals surface area (Å²) in [5.74, 6) is -0.934. The average Bonchev–Trinajstić information content (AvgIpc) is 2.37. The first-order valence-electron chi connectivity index (χ1n) is 7.80. The van der Waals surface area contributed by atoms with Crippen LogP contribution in [0, 0.1) is 5.92 Å². The number of Topliss-reactive ketones (excluding diaryl/α,β-unsaturated/α-hetero) is 1.